The first-order chi connectivity index (χ1) is 16.7. The standard InChI is InChI=1S/C29H31N5/c1-32-20-26(25-18-21(19-30)7-12-27(25)32)22-8-10-24(11-9-22)33-14-16-34(17-15-33)28-6-2-4-23-5-3-13-31-29(23)28/h2-7,12-13,18,20,22,24H,8-11,14-17H2,1H3. The maximum atomic E-state index is 9.36. The fourth-order valence-electron chi connectivity index (χ4n) is 6.24. The molecule has 1 saturated carbocycles. The first kappa shape index (κ1) is 21.2. The average molecular weight is 450 g/mol. The minimum atomic E-state index is 0.594. The van der Waals surface area contributed by atoms with Crippen LogP contribution < -0.4 is 4.90 Å². The second-order valence-corrected chi connectivity index (χ2v) is 9.92. The zero-order chi connectivity index (χ0) is 23.1. The first-order valence-corrected chi connectivity index (χ1v) is 12.5. The van der Waals surface area contributed by atoms with Gasteiger partial charge in [-0.2, -0.15) is 5.26 Å². The summed E-state index contributed by atoms with van der Waals surface area (Å²) < 4.78 is 2.22. The summed E-state index contributed by atoms with van der Waals surface area (Å²) in [7, 11) is 2.12. The molecule has 0 amide bonds. The molecule has 1 aliphatic heterocycles. The number of nitrogens with zero attached hydrogens (tertiary/aromatic N) is 5. The van der Waals surface area contributed by atoms with E-state index in [0.717, 1.165) is 37.3 Å². The number of benzene rings is 2. The quantitative estimate of drug-likeness (QED) is 0.417. The van der Waals surface area contributed by atoms with Crippen LogP contribution in [-0.2, 0) is 7.05 Å². The molecule has 5 nitrogen and oxygen atoms in total. The SMILES string of the molecule is Cn1cc(C2CCC(N3CCN(c4cccc5cccnc45)CC3)CC2)c2cc(C#N)ccc21. The molecule has 1 saturated heterocycles. The summed E-state index contributed by atoms with van der Waals surface area (Å²) in [4.78, 5) is 9.90. The van der Waals surface area contributed by atoms with Crippen molar-refractivity contribution >= 4 is 27.5 Å². The first-order valence-electron chi connectivity index (χ1n) is 12.5. The number of fused-ring (bicyclic) bond motifs is 2. The summed E-state index contributed by atoms with van der Waals surface area (Å²) in [6.45, 7) is 4.38. The Morgan fingerprint density at radius 1 is 0.941 bits per heavy atom. The number of aromatic nitrogens is 2. The van der Waals surface area contributed by atoms with E-state index in [-0.39, 0.29) is 0 Å². The van der Waals surface area contributed by atoms with E-state index < -0.39 is 0 Å². The number of piperazine rings is 1. The number of anilines is 1. The Kier molecular flexibility index (Phi) is 5.47. The summed E-state index contributed by atoms with van der Waals surface area (Å²) in [5, 5.41) is 11.8. The Balaban J connectivity index is 1.11. The Morgan fingerprint density at radius 3 is 2.53 bits per heavy atom. The van der Waals surface area contributed by atoms with Crippen LogP contribution in [0.5, 0.6) is 0 Å². The fourth-order valence-corrected chi connectivity index (χ4v) is 6.24. The van der Waals surface area contributed by atoms with Gasteiger partial charge >= 0.3 is 0 Å². The van der Waals surface area contributed by atoms with Crippen LogP contribution in [0.4, 0.5) is 5.69 Å². The van der Waals surface area contributed by atoms with Crippen LogP contribution in [0.3, 0.4) is 0 Å². The van der Waals surface area contributed by atoms with E-state index in [1.807, 2.05) is 18.3 Å². The van der Waals surface area contributed by atoms with Gasteiger partial charge in [0, 0.05) is 68.0 Å². The van der Waals surface area contributed by atoms with Gasteiger partial charge in [-0.25, -0.2) is 0 Å². The molecule has 172 valence electrons. The van der Waals surface area contributed by atoms with E-state index in [1.165, 1.54) is 53.2 Å². The monoisotopic (exact) mass is 449 g/mol. The molecule has 0 radical (unpaired) electrons. The molecule has 0 bridgehead atoms. The lowest BCUT2D eigenvalue weighted by molar-refractivity contribution is 0.141. The van der Waals surface area contributed by atoms with E-state index in [1.54, 1.807) is 0 Å². The largest absolute Gasteiger partial charge is 0.367 e. The van der Waals surface area contributed by atoms with Crippen molar-refractivity contribution in [2.45, 2.75) is 37.6 Å². The van der Waals surface area contributed by atoms with Gasteiger partial charge in [-0.3, -0.25) is 9.88 Å². The van der Waals surface area contributed by atoms with Crippen LogP contribution >= 0.6 is 0 Å². The Morgan fingerprint density at radius 2 is 1.74 bits per heavy atom. The van der Waals surface area contributed by atoms with Crippen molar-refractivity contribution in [1.29, 1.82) is 5.26 Å². The third-order valence-corrected chi connectivity index (χ3v) is 8.07. The molecule has 1 aliphatic carbocycles. The minimum Gasteiger partial charge on any atom is -0.367 e. The Labute approximate surface area is 201 Å². The zero-order valence-corrected chi connectivity index (χ0v) is 19.8. The Bertz CT molecular complexity index is 1360. The van der Waals surface area contributed by atoms with Crippen molar-refractivity contribution in [1.82, 2.24) is 14.5 Å². The van der Waals surface area contributed by atoms with Gasteiger partial charge in [0.1, 0.15) is 0 Å². The number of pyridine rings is 1. The van der Waals surface area contributed by atoms with Crippen molar-refractivity contribution in [2.24, 2.45) is 7.05 Å². The predicted molar refractivity (Wildman–Crippen MR) is 138 cm³/mol. The van der Waals surface area contributed by atoms with E-state index in [0.29, 0.717) is 12.0 Å². The molecule has 2 aromatic carbocycles. The number of hydrogen-bond acceptors (Lipinski definition) is 4. The van der Waals surface area contributed by atoms with Crippen LogP contribution in [0.2, 0.25) is 0 Å². The lowest BCUT2D eigenvalue weighted by Crippen LogP contribution is -2.51. The molecule has 6 rings (SSSR count). The highest BCUT2D eigenvalue weighted by Crippen LogP contribution is 2.39. The molecule has 2 aromatic heterocycles. The molecule has 34 heavy (non-hydrogen) atoms. The summed E-state index contributed by atoms with van der Waals surface area (Å²) in [5.74, 6) is 0.594. The smallest absolute Gasteiger partial charge is 0.0991 e. The zero-order valence-electron chi connectivity index (χ0n) is 19.8. The second-order valence-electron chi connectivity index (χ2n) is 9.92. The van der Waals surface area contributed by atoms with Crippen molar-refractivity contribution < 1.29 is 0 Å². The van der Waals surface area contributed by atoms with Crippen LogP contribution in [0.15, 0.2) is 60.9 Å². The van der Waals surface area contributed by atoms with Gasteiger partial charge in [0.15, 0.2) is 0 Å². The fraction of sp³-hybridized carbons (Fsp3) is 0.379. The normalized spacial score (nSPS) is 21.7. The van der Waals surface area contributed by atoms with E-state index in [2.05, 4.69) is 75.1 Å². The van der Waals surface area contributed by atoms with Crippen LogP contribution in [-0.4, -0.2) is 46.7 Å². The van der Waals surface area contributed by atoms with Gasteiger partial charge < -0.3 is 9.47 Å². The number of nitriles is 1. The molecule has 3 heterocycles. The van der Waals surface area contributed by atoms with Crippen molar-refractivity contribution in [3.63, 3.8) is 0 Å². The van der Waals surface area contributed by atoms with Crippen molar-refractivity contribution in [3.05, 3.63) is 72.1 Å². The molecule has 5 heteroatoms. The van der Waals surface area contributed by atoms with Gasteiger partial charge in [0.2, 0.25) is 0 Å². The molecule has 0 atom stereocenters. The second kappa shape index (κ2) is 8.77. The molecular weight excluding hydrogens is 418 g/mol. The predicted octanol–water partition coefficient (Wildman–Crippen LogP) is 5.45. The molecular formula is C29H31N5. The van der Waals surface area contributed by atoms with Gasteiger partial charge in [-0.1, -0.05) is 18.2 Å². The molecule has 0 N–H and O–H groups in total. The van der Waals surface area contributed by atoms with E-state index >= 15 is 0 Å². The number of rotatable bonds is 3. The Hall–Kier alpha value is -3.36. The van der Waals surface area contributed by atoms with E-state index in [4.69, 9.17) is 0 Å². The average Bonchev–Trinajstić information content (AvgIpc) is 3.24. The molecule has 4 aromatic rings. The van der Waals surface area contributed by atoms with E-state index in [9.17, 15) is 5.26 Å². The third-order valence-electron chi connectivity index (χ3n) is 8.07. The minimum absolute atomic E-state index is 0.594. The highest BCUT2D eigenvalue weighted by Gasteiger charge is 2.30. The molecule has 0 spiro atoms. The molecule has 2 aliphatic rings. The number of aryl methyl sites for hydroxylation is 1. The van der Waals surface area contributed by atoms with Crippen LogP contribution in [0.25, 0.3) is 21.8 Å². The maximum absolute atomic E-state index is 9.36. The van der Waals surface area contributed by atoms with Crippen LogP contribution in [0, 0.1) is 11.3 Å². The lowest BCUT2D eigenvalue weighted by Gasteiger charge is -2.42. The lowest BCUT2D eigenvalue weighted by atomic mass is 9.81. The highest BCUT2D eigenvalue weighted by atomic mass is 15.3. The van der Waals surface area contributed by atoms with Gasteiger partial charge in [-0.05, 0) is 67.5 Å². The van der Waals surface area contributed by atoms with Crippen molar-refractivity contribution in [3.8, 4) is 6.07 Å². The summed E-state index contributed by atoms with van der Waals surface area (Å²) in [5.41, 5.74) is 5.81. The van der Waals surface area contributed by atoms with Crippen molar-refractivity contribution in [2.75, 3.05) is 31.1 Å². The summed E-state index contributed by atoms with van der Waals surface area (Å²) in [6.07, 6.45) is 9.18. The summed E-state index contributed by atoms with van der Waals surface area (Å²) >= 11 is 0. The van der Waals surface area contributed by atoms with Crippen LogP contribution in [0.1, 0.15) is 42.7 Å². The number of para-hydroxylation sites is 1. The summed E-state index contributed by atoms with van der Waals surface area (Å²) in [6, 6.07) is 19.8. The highest BCUT2D eigenvalue weighted by molar-refractivity contribution is 5.90. The topological polar surface area (TPSA) is 48.1 Å². The number of hydrogen-bond donors (Lipinski definition) is 0. The third kappa shape index (κ3) is 3.73. The van der Waals surface area contributed by atoms with Gasteiger partial charge in [-0.15, -0.1) is 0 Å². The molecule has 2 fully saturated rings. The maximum Gasteiger partial charge on any atom is 0.0991 e. The molecule has 0 unspecified atom stereocenters. The van der Waals surface area contributed by atoms with Gasteiger partial charge in [0.05, 0.1) is 22.8 Å². The van der Waals surface area contributed by atoms with Gasteiger partial charge in [0.25, 0.3) is 0 Å².